The van der Waals surface area contributed by atoms with Gasteiger partial charge < -0.3 is 11.1 Å². The molecule has 3 rings (SSSR count). The van der Waals surface area contributed by atoms with E-state index in [1.165, 1.54) is 0 Å². The predicted molar refractivity (Wildman–Crippen MR) is 104 cm³/mol. The van der Waals surface area contributed by atoms with Crippen molar-refractivity contribution in [3.63, 3.8) is 0 Å². The molecule has 1 aromatic carbocycles. The number of nitrogens with zero attached hydrogens (tertiary/aromatic N) is 1. The van der Waals surface area contributed by atoms with Gasteiger partial charge in [0.05, 0.1) is 11.1 Å². The number of aromatic nitrogens is 1. The van der Waals surface area contributed by atoms with Crippen LogP contribution in [0.2, 0.25) is 5.02 Å². The second kappa shape index (κ2) is 7.87. The number of nitrogens with two attached hydrogens (primary N) is 1. The van der Waals surface area contributed by atoms with Crippen molar-refractivity contribution in [2.24, 2.45) is 5.73 Å². The molecule has 1 aliphatic rings. The van der Waals surface area contributed by atoms with Crippen LogP contribution in [0.1, 0.15) is 48.7 Å². The van der Waals surface area contributed by atoms with Crippen LogP contribution >= 0.6 is 36.4 Å². The third-order valence-corrected chi connectivity index (χ3v) is 3.97. The molecule has 1 fully saturated rings. The van der Waals surface area contributed by atoms with Gasteiger partial charge >= 0.3 is 0 Å². The second-order valence-electron chi connectivity index (χ2n) is 6.70. The van der Waals surface area contributed by atoms with Crippen molar-refractivity contribution in [2.45, 2.75) is 38.1 Å². The van der Waals surface area contributed by atoms with Crippen LogP contribution in [-0.2, 0) is 0 Å². The van der Waals surface area contributed by atoms with E-state index >= 15 is 0 Å². The number of hydrogen-bond acceptors (Lipinski definition) is 3. The van der Waals surface area contributed by atoms with Crippen LogP contribution in [0, 0.1) is 0 Å². The van der Waals surface area contributed by atoms with Gasteiger partial charge in [-0.1, -0.05) is 11.6 Å². The van der Waals surface area contributed by atoms with Crippen LogP contribution < -0.4 is 11.1 Å². The number of rotatable bonds is 4. The standard InChI is InChI=1S/C17H20ClN3O.2ClH/c1-17(2,19)9-20-16(22)13-8-15(10-3-4-10)21-14-6-5-11(18)7-12(13)14;;/h5-8,10H,3-4,9,19H2,1-2H3,(H,20,22);2*1H. The Morgan fingerprint density at radius 3 is 2.58 bits per heavy atom. The Labute approximate surface area is 159 Å². The molecule has 1 heterocycles. The van der Waals surface area contributed by atoms with Crippen molar-refractivity contribution in [1.82, 2.24) is 10.3 Å². The first kappa shape index (κ1) is 21.0. The number of amides is 1. The van der Waals surface area contributed by atoms with Crippen LogP contribution in [0.25, 0.3) is 10.9 Å². The van der Waals surface area contributed by atoms with Gasteiger partial charge in [0.2, 0.25) is 0 Å². The molecule has 0 saturated heterocycles. The summed E-state index contributed by atoms with van der Waals surface area (Å²) in [5.74, 6) is 0.354. The van der Waals surface area contributed by atoms with Gasteiger partial charge in [-0.15, -0.1) is 24.8 Å². The lowest BCUT2D eigenvalue weighted by atomic mass is 10.0. The summed E-state index contributed by atoms with van der Waals surface area (Å²) in [5.41, 5.74) is 7.92. The second-order valence-corrected chi connectivity index (χ2v) is 7.14. The molecule has 0 bridgehead atoms. The minimum atomic E-state index is -0.449. The number of hydrogen-bond donors (Lipinski definition) is 2. The van der Waals surface area contributed by atoms with Gasteiger partial charge in [0.15, 0.2) is 0 Å². The first-order valence-corrected chi connectivity index (χ1v) is 7.88. The first-order valence-electron chi connectivity index (χ1n) is 7.51. The minimum absolute atomic E-state index is 0. The molecule has 132 valence electrons. The smallest absolute Gasteiger partial charge is 0.252 e. The summed E-state index contributed by atoms with van der Waals surface area (Å²) in [6.07, 6.45) is 2.28. The molecule has 7 heteroatoms. The maximum atomic E-state index is 12.6. The van der Waals surface area contributed by atoms with Gasteiger partial charge in [-0.05, 0) is 51.0 Å². The summed E-state index contributed by atoms with van der Waals surface area (Å²) in [6, 6.07) is 7.36. The van der Waals surface area contributed by atoms with E-state index in [2.05, 4.69) is 10.3 Å². The predicted octanol–water partition coefficient (Wildman–Crippen LogP) is 4.08. The van der Waals surface area contributed by atoms with Gasteiger partial charge in [0, 0.05) is 34.1 Å². The lowest BCUT2D eigenvalue weighted by Gasteiger charge is -2.19. The summed E-state index contributed by atoms with van der Waals surface area (Å²) in [7, 11) is 0. The maximum Gasteiger partial charge on any atom is 0.252 e. The van der Waals surface area contributed by atoms with E-state index < -0.39 is 5.54 Å². The Bertz CT molecular complexity index is 740. The molecule has 0 aliphatic heterocycles. The van der Waals surface area contributed by atoms with E-state index in [1.54, 1.807) is 12.1 Å². The van der Waals surface area contributed by atoms with Gasteiger partial charge in [0.25, 0.3) is 5.91 Å². The number of benzene rings is 1. The summed E-state index contributed by atoms with van der Waals surface area (Å²) >= 11 is 6.08. The zero-order valence-electron chi connectivity index (χ0n) is 13.6. The summed E-state index contributed by atoms with van der Waals surface area (Å²) in [4.78, 5) is 17.2. The van der Waals surface area contributed by atoms with Crippen molar-refractivity contribution >= 4 is 53.2 Å². The SMILES string of the molecule is CC(C)(N)CNC(=O)c1cc(C2CC2)nc2ccc(Cl)cc12.Cl.Cl. The minimum Gasteiger partial charge on any atom is -0.350 e. The Kier molecular flexibility index (Phi) is 6.88. The normalized spacial score (nSPS) is 13.8. The number of halogens is 3. The summed E-state index contributed by atoms with van der Waals surface area (Å²) in [5, 5.41) is 4.28. The van der Waals surface area contributed by atoms with Crippen molar-refractivity contribution in [3.05, 3.63) is 40.5 Å². The average molecular weight is 391 g/mol. The average Bonchev–Trinajstić information content (AvgIpc) is 3.27. The summed E-state index contributed by atoms with van der Waals surface area (Å²) < 4.78 is 0. The van der Waals surface area contributed by atoms with Gasteiger partial charge in [-0.25, -0.2) is 0 Å². The van der Waals surface area contributed by atoms with Crippen LogP contribution in [0.3, 0.4) is 0 Å². The maximum absolute atomic E-state index is 12.6. The van der Waals surface area contributed by atoms with Gasteiger partial charge in [-0.2, -0.15) is 0 Å². The largest absolute Gasteiger partial charge is 0.350 e. The van der Waals surface area contributed by atoms with Gasteiger partial charge in [-0.3, -0.25) is 9.78 Å². The molecule has 1 saturated carbocycles. The highest BCUT2D eigenvalue weighted by molar-refractivity contribution is 6.31. The third kappa shape index (κ3) is 4.96. The highest BCUT2D eigenvalue weighted by Crippen LogP contribution is 2.40. The van der Waals surface area contributed by atoms with Crippen LogP contribution in [-0.4, -0.2) is 23.0 Å². The molecular formula is C17H22Cl3N3O. The van der Waals surface area contributed by atoms with Crippen LogP contribution in [0.4, 0.5) is 0 Å². The van der Waals surface area contributed by atoms with E-state index in [0.717, 1.165) is 29.4 Å². The van der Waals surface area contributed by atoms with Gasteiger partial charge in [0.1, 0.15) is 0 Å². The lowest BCUT2D eigenvalue weighted by molar-refractivity contribution is 0.0947. The van der Waals surface area contributed by atoms with Crippen LogP contribution in [0.15, 0.2) is 24.3 Å². The molecule has 24 heavy (non-hydrogen) atoms. The van der Waals surface area contributed by atoms with E-state index in [-0.39, 0.29) is 30.7 Å². The topological polar surface area (TPSA) is 68.0 Å². The monoisotopic (exact) mass is 389 g/mol. The Balaban J connectivity index is 0.00000144. The molecule has 1 amide bonds. The van der Waals surface area contributed by atoms with E-state index in [9.17, 15) is 4.79 Å². The highest BCUT2D eigenvalue weighted by Gasteiger charge is 2.27. The third-order valence-electron chi connectivity index (χ3n) is 3.74. The van der Waals surface area contributed by atoms with E-state index in [0.29, 0.717) is 23.0 Å². The number of nitrogens with one attached hydrogen (secondary N) is 1. The molecule has 0 spiro atoms. The molecule has 1 aromatic heterocycles. The number of carbonyl (C=O) groups is 1. The molecule has 0 atom stereocenters. The Hall–Kier alpha value is -1.07. The zero-order chi connectivity index (χ0) is 15.9. The fourth-order valence-electron chi connectivity index (χ4n) is 2.40. The van der Waals surface area contributed by atoms with Crippen LogP contribution in [0.5, 0.6) is 0 Å². The van der Waals surface area contributed by atoms with Crippen molar-refractivity contribution in [1.29, 1.82) is 0 Å². The molecule has 2 aromatic rings. The Morgan fingerprint density at radius 1 is 1.33 bits per heavy atom. The van der Waals surface area contributed by atoms with Crippen molar-refractivity contribution in [2.75, 3.05) is 6.54 Å². The van der Waals surface area contributed by atoms with E-state index in [4.69, 9.17) is 17.3 Å². The highest BCUT2D eigenvalue weighted by atomic mass is 35.5. The number of pyridine rings is 1. The molecule has 0 radical (unpaired) electrons. The number of carbonyl (C=O) groups excluding carboxylic acids is 1. The quantitative estimate of drug-likeness (QED) is 0.826. The molecule has 3 N–H and O–H groups in total. The van der Waals surface area contributed by atoms with Crippen molar-refractivity contribution in [3.8, 4) is 0 Å². The fraction of sp³-hybridized carbons (Fsp3) is 0.412. The summed E-state index contributed by atoms with van der Waals surface area (Å²) in [6.45, 7) is 4.17. The molecule has 4 nitrogen and oxygen atoms in total. The molecular weight excluding hydrogens is 369 g/mol. The number of fused-ring (bicyclic) bond motifs is 1. The Morgan fingerprint density at radius 2 is 2.00 bits per heavy atom. The van der Waals surface area contributed by atoms with E-state index in [1.807, 2.05) is 26.0 Å². The fourth-order valence-corrected chi connectivity index (χ4v) is 2.57. The lowest BCUT2D eigenvalue weighted by Crippen LogP contribution is -2.45. The first-order chi connectivity index (χ1) is 10.3. The molecule has 1 aliphatic carbocycles. The van der Waals surface area contributed by atoms with Crippen molar-refractivity contribution < 1.29 is 4.79 Å². The molecule has 0 unspecified atom stereocenters. The zero-order valence-corrected chi connectivity index (χ0v) is 16.0.